The molecule has 0 bridgehead atoms. The molecule has 0 saturated heterocycles. The molecule has 0 radical (unpaired) electrons. The van der Waals surface area contributed by atoms with Gasteiger partial charge in [-0.15, -0.1) is 0 Å². The van der Waals surface area contributed by atoms with E-state index >= 15 is 0 Å². The molecule has 1 saturated carbocycles. The Labute approximate surface area is 129 Å². The Morgan fingerprint density at radius 2 is 1.71 bits per heavy atom. The Morgan fingerprint density at radius 1 is 1.14 bits per heavy atom. The molecule has 2 heteroatoms. The maximum Gasteiger partial charge on any atom is 0.223 e. The number of rotatable bonds is 4. The molecular weight excluding hydrogens is 258 g/mol. The third-order valence-corrected chi connectivity index (χ3v) is 4.58. The molecular formula is C19H29NO. The van der Waals surface area contributed by atoms with Gasteiger partial charge in [0.05, 0.1) is 6.04 Å². The summed E-state index contributed by atoms with van der Waals surface area (Å²) >= 11 is 0. The summed E-state index contributed by atoms with van der Waals surface area (Å²) in [6, 6.07) is 8.85. The van der Waals surface area contributed by atoms with Crippen molar-refractivity contribution in [3.05, 3.63) is 35.4 Å². The average Bonchev–Trinajstić information content (AvgIpc) is 2.32. The normalized spacial score (nSPS) is 17.4. The lowest BCUT2D eigenvalue weighted by Crippen LogP contribution is -2.38. The summed E-state index contributed by atoms with van der Waals surface area (Å²) in [5.41, 5.74) is 2.71. The predicted octanol–water partition coefficient (Wildman–Crippen LogP) is 4.60. The summed E-state index contributed by atoms with van der Waals surface area (Å²) in [7, 11) is 0. The molecule has 0 unspecified atom stereocenters. The van der Waals surface area contributed by atoms with Crippen molar-refractivity contribution in [1.29, 1.82) is 0 Å². The lowest BCUT2D eigenvalue weighted by molar-refractivity contribution is -0.128. The van der Waals surface area contributed by atoms with Crippen LogP contribution in [-0.2, 0) is 10.2 Å². The van der Waals surface area contributed by atoms with E-state index in [1.807, 2.05) is 0 Å². The van der Waals surface area contributed by atoms with E-state index in [1.165, 1.54) is 17.5 Å². The third kappa shape index (κ3) is 3.87. The molecule has 1 aliphatic carbocycles. The minimum absolute atomic E-state index is 0.118. The molecule has 1 aromatic carbocycles. The molecule has 0 spiro atoms. The van der Waals surface area contributed by atoms with Crippen LogP contribution in [0.2, 0.25) is 0 Å². The molecule has 21 heavy (non-hydrogen) atoms. The standard InChI is InChI=1S/C19H29NO/c1-13(2)17(20-18(21)15-7-6-8-15)14-9-11-16(12-10-14)19(3,4)5/h9-13,15,17H,6-8H2,1-5H3,(H,20,21)/t17-/m1/s1. The van der Waals surface area contributed by atoms with Gasteiger partial charge in [-0.2, -0.15) is 0 Å². The van der Waals surface area contributed by atoms with E-state index in [-0.39, 0.29) is 23.3 Å². The highest BCUT2D eigenvalue weighted by Crippen LogP contribution is 2.30. The molecule has 116 valence electrons. The lowest BCUT2D eigenvalue weighted by Gasteiger charge is -2.30. The van der Waals surface area contributed by atoms with Crippen molar-refractivity contribution in [3.8, 4) is 0 Å². The second-order valence-electron chi connectivity index (χ2n) is 7.73. The first-order chi connectivity index (χ1) is 9.79. The molecule has 0 heterocycles. The van der Waals surface area contributed by atoms with E-state index < -0.39 is 0 Å². The molecule has 1 N–H and O–H groups in total. The van der Waals surface area contributed by atoms with E-state index in [1.54, 1.807) is 0 Å². The maximum atomic E-state index is 12.2. The van der Waals surface area contributed by atoms with Crippen LogP contribution in [0.3, 0.4) is 0 Å². The van der Waals surface area contributed by atoms with Gasteiger partial charge in [-0.1, -0.05) is 65.3 Å². The summed E-state index contributed by atoms with van der Waals surface area (Å²) in [4.78, 5) is 12.2. The fourth-order valence-corrected chi connectivity index (χ4v) is 2.77. The Morgan fingerprint density at radius 3 is 2.10 bits per heavy atom. The van der Waals surface area contributed by atoms with Gasteiger partial charge in [-0.25, -0.2) is 0 Å². The van der Waals surface area contributed by atoms with Crippen molar-refractivity contribution in [2.45, 2.75) is 65.3 Å². The lowest BCUT2D eigenvalue weighted by atomic mass is 9.83. The van der Waals surface area contributed by atoms with Crippen molar-refractivity contribution >= 4 is 5.91 Å². The van der Waals surface area contributed by atoms with Crippen molar-refractivity contribution in [3.63, 3.8) is 0 Å². The van der Waals surface area contributed by atoms with Crippen LogP contribution in [0.1, 0.15) is 71.0 Å². The topological polar surface area (TPSA) is 29.1 Å². The van der Waals surface area contributed by atoms with Crippen LogP contribution in [0.5, 0.6) is 0 Å². The molecule has 1 aromatic rings. The fraction of sp³-hybridized carbons (Fsp3) is 0.632. The second kappa shape index (κ2) is 6.21. The van der Waals surface area contributed by atoms with Crippen LogP contribution < -0.4 is 5.32 Å². The smallest absolute Gasteiger partial charge is 0.223 e. The van der Waals surface area contributed by atoms with E-state index in [2.05, 4.69) is 64.2 Å². The zero-order chi connectivity index (χ0) is 15.6. The highest BCUT2D eigenvalue weighted by atomic mass is 16.2. The zero-order valence-corrected chi connectivity index (χ0v) is 14.1. The molecule has 2 nitrogen and oxygen atoms in total. The molecule has 1 aliphatic rings. The number of hydrogen-bond donors (Lipinski definition) is 1. The first-order valence-electron chi connectivity index (χ1n) is 8.20. The first-order valence-corrected chi connectivity index (χ1v) is 8.20. The number of amides is 1. The second-order valence-corrected chi connectivity index (χ2v) is 7.73. The van der Waals surface area contributed by atoms with Crippen LogP contribution in [0.15, 0.2) is 24.3 Å². The van der Waals surface area contributed by atoms with Gasteiger partial charge in [0, 0.05) is 5.92 Å². The summed E-state index contributed by atoms with van der Waals surface area (Å²) in [6.45, 7) is 11.0. The van der Waals surface area contributed by atoms with Crippen LogP contribution in [0.25, 0.3) is 0 Å². The molecule has 0 aromatic heterocycles. The van der Waals surface area contributed by atoms with E-state index in [0.29, 0.717) is 5.92 Å². The number of benzene rings is 1. The van der Waals surface area contributed by atoms with Crippen molar-refractivity contribution in [2.24, 2.45) is 11.8 Å². The van der Waals surface area contributed by atoms with Gasteiger partial charge in [-0.3, -0.25) is 4.79 Å². The number of hydrogen-bond acceptors (Lipinski definition) is 1. The van der Waals surface area contributed by atoms with E-state index in [4.69, 9.17) is 0 Å². The number of carbonyl (C=O) groups excluding carboxylic acids is 1. The highest BCUT2D eigenvalue weighted by Gasteiger charge is 2.28. The van der Waals surface area contributed by atoms with Gasteiger partial charge >= 0.3 is 0 Å². The number of nitrogens with one attached hydrogen (secondary N) is 1. The Balaban J connectivity index is 2.12. The van der Waals surface area contributed by atoms with Crippen LogP contribution in [0.4, 0.5) is 0 Å². The third-order valence-electron chi connectivity index (χ3n) is 4.58. The van der Waals surface area contributed by atoms with Crippen LogP contribution in [-0.4, -0.2) is 5.91 Å². The first kappa shape index (κ1) is 16.1. The highest BCUT2D eigenvalue weighted by molar-refractivity contribution is 5.79. The molecule has 1 fully saturated rings. The Kier molecular flexibility index (Phi) is 4.75. The summed E-state index contributed by atoms with van der Waals surface area (Å²) < 4.78 is 0. The largest absolute Gasteiger partial charge is 0.349 e. The van der Waals surface area contributed by atoms with Crippen molar-refractivity contribution < 1.29 is 4.79 Å². The average molecular weight is 287 g/mol. The minimum atomic E-state index is 0.118. The van der Waals surface area contributed by atoms with Gasteiger partial charge in [-0.05, 0) is 35.3 Å². The zero-order valence-electron chi connectivity index (χ0n) is 14.1. The SMILES string of the molecule is CC(C)[C@@H](NC(=O)C1CCC1)c1ccc(C(C)(C)C)cc1. The van der Waals surface area contributed by atoms with Crippen LogP contribution in [0, 0.1) is 11.8 Å². The summed E-state index contributed by atoms with van der Waals surface area (Å²) in [5, 5.41) is 3.25. The van der Waals surface area contributed by atoms with Gasteiger partial charge in [0.25, 0.3) is 0 Å². The molecule has 0 aliphatic heterocycles. The summed E-state index contributed by atoms with van der Waals surface area (Å²) in [5.74, 6) is 0.884. The Bertz CT molecular complexity index is 477. The number of carbonyl (C=O) groups is 1. The van der Waals surface area contributed by atoms with Crippen molar-refractivity contribution in [1.82, 2.24) is 5.32 Å². The quantitative estimate of drug-likeness (QED) is 0.861. The van der Waals surface area contributed by atoms with Crippen LogP contribution >= 0.6 is 0 Å². The van der Waals surface area contributed by atoms with Gasteiger partial charge in [0.15, 0.2) is 0 Å². The predicted molar refractivity (Wildman–Crippen MR) is 88.2 cm³/mol. The molecule has 1 amide bonds. The van der Waals surface area contributed by atoms with E-state index in [9.17, 15) is 4.79 Å². The maximum absolute atomic E-state index is 12.2. The Hall–Kier alpha value is -1.31. The monoisotopic (exact) mass is 287 g/mol. The van der Waals surface area contributed by atoms with Gasteiger partial charge in [0.1, 0.15) is 0 Å². The van der Waals surface area contributed by atoms with Gasteiger partial charge in [0.2, 0.25) is 5.91 Å². The summed E-state index contributed by atoms with van der Waals surface area (Å²) in [6.07, 6.45) is 3.31. The minimum Gasteiger partial charge on any atom is -0.349 e. The molecule has 1 atom stereocenters. The molecule has 2 rings (SSSR count). The fourth-order valence-electron chi connectivity index (χ4n) is 2.77. The van der Waals surface area contributed by atoms with Gasteiger partial charge < -0.3 is 5.32 Å². The van der Waals surface area contributed by atoms with E-state index in [0.717, 1.165) is 12.8 Å². The van der Waals surface area contributed by atoms with Crippen molar-refractivity contribution in [2.75, 3.05) is 0 Å².